The number of carbonyl (C=O) groups excluding carboxylic acids is 2. The van der Waals surface area contributed by atoms with Crippen molar-refractivity contribution in [2.75, 3.05) is 12.3 Å². The van der Waals surface area contributed by atoms with Crippen LogP contribution in [0.5, 0.6) is 5.75 Å². The summed E-state index contributed by atoms with van der Waals surface area (Å²) < 4.78 is 5.81. The number of carboxylic acid groups (broad SMARTS) is 1. The number of para-hydroxylation sites is 1. The van der Waals surface area contributed by atoms with Gasteiger partial charge in [-0.2, -0.15) is 0 Å². The topological polar surface area (TPSA) is 108 Å². The molecule has 3 N–H and O–H groups in total. The second-order valence-electron chi connectivity index (χ2n) is 9.03. The van der Waals surface area contributed by atoms with E-state index in [9.17, 15) is 19.5 Å². The number of ether oxygens (including phenoxy) is 1. The summed E-state index contributed by atoms with van der Waals surface area (Å²) in [5, 5.41) is 13.8. The van der Waals surface area contributed by atoms with Crippen molar-refractivity contribution in [1.29, 1.82) is 0 Å². The molecule has 1 heterocycles. The summed E-state index contributed by atoms with van der Waals surface area (Å²) in [6, 6.07) is 23.5. The lowest BCUT2D eigenvalue weighted by atomic mass is 9.98. The Hall–Kier alpha value is -3.88. The standard InChI is InChI=1S/C30H30N2O5S/c1-20(33)38-19-24(17-32-28(30(35)36)15-23-16-31-27-10-6-5-9-26(23)27)29(34)22-11-13-25(14-12-22)37-18-21-7-3-2-4-8-21/h2-14,16,24,28,31-32H,15,17-19H2,1H3,(H,35,36)/t24?,28-/m0/s1. The summed E-state index contributed by atoms with van der Waals surface area (Å²) in [7, 11) is 0. The molecule has 38 heavy (non-hydrogen) atoms. The zero-order valence-corrected chi connectivity index (χ0v) is 21.9. The largest absolute Gasteiger partial charge is 0.489 e. The first kappa shape index (κ1) is 27.2. The number of nitrogens with one attached hydrogen (secondary N) is 2. The third-order valence-corrected chi connectivity index (χ3v) is 7.23. The predicted octanol–water partition coefficient (Wildman–Crippen LogP) is 5.11. The number of hydrogen-bond acceptors (Lipinski definition) is 6. The zero-order chi connectivity index (χ0) is 26.9. The lowest BCUT2D eigenvalue weighted by Crippen LogP contribution is -2.43. The van der Waals surface area contributed by atoms with E-state index in [0.29, 0.717) is 17.9 Å². The van der Waals surface area contributed by atoms with Gasteiger partial charge in [0.15, 0.2) is 10.9 Å². The number of aromatic nitrogens is 1. The van der Waals surface area contributed by atoms with E-state index in [1.165, 1.54) is 6.92 Å². The average Bonchev–Trinajstić information content (AvgIpc) is 3.34. The molecule has 4 aromatic rings. The first-order valence-corrected chi connectivity index (χ1v) is 13.3. The molecule has 0 saturated carbocycles. The fourth-order valence-electron chi connectivity index (χ4n) is 4.19. The Morgan fingerprint density at radius 2 is 1.68 bits per heavy atom. The highest BCUT2D eigenvalue weighted by Gasteiger charge is 2.25. The molecule has 1 aromatic heterocycles. The number of fused-ring (bicyclic) bond motifs is 1. The van der Waals surface area contributed by atoms with Gasteiger partial charge in [-0.15, -0.1) is 0 Å². The summed E-state index contributed by atoms with van der Waals surface area (Å²) in [6.07, 6.45) is 2.07. The summed E-state index contributed by atoms with van der Waals surface area (Å²) in [6.45, 7) is 2.00. The van der Waals surface area contributed by atoms with Crippen LogP contribution < -0.4 is 10.1 Å². The first-order valence-electron chi connectivity index (χ1n) is 12.4. The van der Waals surface area contributed by atoms with Crippen molar-refractivity contribution >= 4 is 39.5 Å². The Bertz CT molecular complexity index is 1380. The fraction of sp³-hybridized carbons (Fsp3) is 0.233. The van der Waals surface area contributed by atoms with Gasteiger partial charge in [0.1, 0.15) is 18.4 Å². The Balaban J connectivity index is 1.42. The van der Waals surface area contributed by atoms with E-state index in [1.807, 2.05) is 60.8 Å². The maximum absolute atomic E-state index is 13.4. The number of carboxylic acids is 1. The third-order valence-electron chi connectivity index (χ3n) is 6.25. The molecule has 4 rings (SSSR count). The van der Waals surface area contributed by atoms with Crippen LogP contribution in [0.2, 0.25) is 0 Å². The minimum atomic E-state index is -0.999. The van der Waals surface area contributed by atoms with Gasteiger partial charge in [-0.1, -0.05) is 60.3 Å². The highest BCUT2D eigenvalue weighted by Crippen LogP contribution is 2.21. The molecule has 0 fully saturated rings. The van der Waals surface area contributed by atoms with Crippen molar-refractivity contribution in [3.63, 3.8) is 0 Å². The monoisotopic (exact) mass is 530 g/mol. The summed E-state index contributed by atoms with van der Waals surface area (Å²) in [5.41, 5.74) is 3.35. The second kappa shape index (κ2) is 13.1. The smallest absolute Gasteiger partial charge is 0.321 e. The molecule has 0 bridgehead atoms. The molecular formula is C30H30N2O5S. The molecule has 8 heteroatoms. The number of H-pyrrole nitrogens is 1. The van der Waals surface area contributed by atoms with Gasteiger partial charge in [0.25, 0.3) is 0 Å². The van der Waals surface area contributed by atoms with Gasteiger partial charge in [-0.3, -0.25) is 14.4 Å². The molecule has 0 aliphatic heterocycles. The quantitative estimate of drug-likeness (QED) is 0.206. The van der Waals surface area contributed by atoms with Gasteiger partial charge in [0.2, 0.25) is 0 Å². The van der Waals surface area contributed by atoms with Crippen molar-refractivity contribution in [3.05, 3.63) is 102 Å². The average molecular weight is 531 g/mol. The SMILES string of the molecule is CC(=O)SCC(CN[C@@H](Cc1c[nH]c2ccccc12)C(=O)O)C(=O)c1ccc(OCc2ccccc2)cc1. The summed E-state index contributed by atoms with van der Waals surface area (Å²) in [4.78, 5) is 40.2. The van der Waals surface area contributed by atoms with Crippen LogP contribution >= 0.6 is 11.8 Å². The predicted molar refractivity (Wildman–Crippen MR) is 150 cm³/mol. The van der Waals surface area contributed by atoms with Crippen molar-refractivity contribution in [1.82, 2.24) is 10.3 Å². The van der Waals surface area contributed by atoms with Crippen molar-refractivity contribution in [2.24, 2.45) is 5.92 Å². The van der Waals surface area contributed by atoms with Crippen LogP contribution in [0.3, 0.4) is 0 Å². The van der Waals surface area contributed by atoms with Gasteiger partial charge >= 0.3 is 5.97 Å². The maximum atomic E-state index is 13.4. The molecule has 2 atom stereocenters. The van der Waals surface area contributed by atoms with Gasteiger partial charge in [0.05, 0.1) is 0 Å². The lowest BCUT2D eigenvalue weighted by molar-refractivity contribution is -0.139. The highest BCUT2D eigenvalue weighted by atomic mass is 32.2. The number of Topliss-reactive ketones (excluding diaryl/α,β-unsaturated/α-hetero) is 1. The summed E-state index contributed by atoms with van der Waals surface area (Å²) >= 11 is 1.06. The molecule has 0 spiro atoms. The first-order chi connectivity index (χ1) is 18.4. The zero-order valence-electron chi connectivity index (χ0n) is 21.1. The van der Waals surface area contributed by atoms with E-state index in [4.69, 9.17) is 4.74 Å². The number of carbonyl (C=O) groups is 3. The van der Waals surface area contributed by atoms with Crippen LogP contribution in [0.1, 0.15) is 28.4 Å². The van der Waals surface area contributed by atoms with E-state index in [0.717, 1.165) is 33.8 Å². The van der Waals surface area contributed by atoms with E-state index < -0.39 is 17.9 Å². The normalized spacial score (nSPS) is 12.7. The van der Waals surface area contributed by atoms with E-state index >= 15 is 0 Å². The molecule has 0 aliphatic carbocycles. The number of aromatic amines is 1. The van der Waals surface area contributed by atoms with E-state index in [2.05, 4.69) is 10.3 Å². The third kappa shape index (κ3) is 7.34. The molecule has 0 aliphatic rings. The van der Waals surface area contributed by atoms with Crippen molar-refractivity contribution in [3.8, 4) is 5.75 Å². The van der Waals surface area contributed by atoms with Crippen LogP contribution in [-0.2, 0) is 22.6 Å². The molecule has 3 aromatic carbocycles. The van der Waals surface area contributed by atoms with Crippen molar-refractivity contribution in [2.45, 2.75) is 26.0 Å². The van der Waals surface area contributed by atoms with Gasteiger partial charge in [0, 0.05) is 54.2 Å². The van der Waals surface area contributed by atoms with Crippen LogP contribution in [-0.4, -0.2) is 45.3 Å². The number of rotatable bonds is 13. The van der Waals surface area contributed by atoms with E-state index in [-0.39, 0.29) is 29.6 Å². The molecule has 7 nitrogen and oxygen atoms in total. The van der Waals surface area contributed by atoms with Crippen LogP contribution in [0, 0.1) is 5.92 Å². The van der Waals surface area contributed by atoms with Crippen molar-refractivity contribution < 1.29 is 24.2 Å². The Morgan fingerprint density at radius 1 is 0.974 bits per heavy atom. The second-order valence-corrected chi connectivity index (χ2v) is 10.2. The maximum Gasteiger partial charge on any atom is 0.321 e. The van der Waals surface area contributed by atoms with Gasteiger partial charge in [-0.25, -0.2) is 0 Å². The number of benzene rings is 3. The Kier molecular flexibility index (Phi) is 9.35. The highest BCUT2D eigenvalue weighted by molar-refractivity contribution is 8.13. The van der Waals surface area contributed by atoms with Crippen LogP contribution in [0.4, 0.5) is 0 Å². The van der Waals surface area contributed by atoms with Crippen LogP contribution in [0.15, 0.2) is 85.1 Å². The number of thioether (sulfide) groups is 1. The molecule has 0 saturated heterocycles. The molecule has 0 radical (unpaired) electrons. The molecule has 1 unspecified atom stereocenters. The minimum Gasteiger partial charge on any atom is -0.489 e. The summed E-state index contributed by atoms with van der Waals surface area (Å²) in [5.74, 6) is -0.835. The number of hydrogen-bond donors (Lipinski definition) is 3. The fourth-order valence-corrected chi connectivity index (χ4v) is 4.89. The number of aliphatic carboxylic acids is 1. The molecule has 196 valence electrons. The number of ketones is 1. The Labute approximate surface area is 225 Å². The molecule has 0 amide bonds. The molecular weight excluding hydrogens is 500 g/mol. The lowest BCUT2D eigenvalue weighted by Gasteiger charge is -2.20. The van der Waals surface area contributed by atoms with E-state index in [1.54, 1.807) is 24.3 Å². The van der Waals surface area contributed by atoms with Gasteiger partial charge in [-0.05, 0) is 41.5 Å². The minimum absolute atomic E-state index is 0.0963. The Morgan fingerprint density at radius 3 is 2.39 bits per heavy atom. The van der Waals surface area contributed by atoms with Gasteiger partial charge < -0.3 is 20.1 Å². The van der Waals surface area contributed by atoms with Crippen LogP contribution in [0.25, 0.3) is 10.9 Å².